The third-order valence-electron chi connectivity index (χ3n) is 3.47. The fourth-order valence-electron chi connectivity index (χ4n) is 2.33. The molecule has 0 bridgehead atoms. The van der Waals surface area contributed by atoms with Gasteiger partial charge in [-0.2, -0.15) is 0 Å². The highest BCUT2D eigenvalue weighted by atomic mass is 16.5. The van der Waals surface area contributed by atoms with E-state index in [-0.39, 0.29) is 0 Å². The number of benzene rings is 2. The average molecular weight is 272 g/mol. The van der Waals surface area contributed by atoms with Crippen molar-refractivity contribution in [2.75, 3.05) is 14.2 Å². The van der Waals surface area contributed by atoms with E-state index in [1.54, 1.807) is 14.2 Å². The van der Waals surface area contributed by atoms with Gasteiger partial charge in [0.1, 0.15) is 0 Å². The van der Waals surface area contributed by atoms with E-state index >= 15 is 0 Å². The first kappa shape index (κ1) is 14.4. The van der Waals surface area contributed by atoms with Gasteiger partial charge in [-0.05, 0) is 24.1 Å². The smallest absolute Gasteiger partial charge is 0.166 e. The lowest BCUT2D eigenvalue weighted by Crippen LogP contribution is -2.06. The number of aliphatic hydroxyl groups is 1. The van der Waals surface area contributed by atoms with Gasteiger partial charge >= 0.3 is 0 Å². The van der Waals surface area contributed by atoms with Gasteiger partial charge in [-0.1, -0.05) is 36.4 Å². The number of aliphatic hydroxyl groups excluding tert-OH is 1. The molecule has 0 aliphatic carbocycles. The van der Waals surface area contributed by atoms with Crippen LogP contribution in [0, 0.1) is 6.92 Å². The Labute approximate surface area is 119 Å². The molecular weight excluding hydrogens is 252 g/mol. The van der Waals surface area contributed by atoms with Gasteiger partial charge in [-0.25, -0.2) is 0 Å². The van der Waals surface area contributed by atoms with Crippen LogP contribution in [0.5, 0.6) is 11.5 Å². The normalized spacial score (nSPS) is 12.0. The molecule has 0 heterocycles. The zero-order chi connectivity index (χ0) is 14.5. The minimum Gasteiger partial charge on any atom is -0.493 e. The van der Waals surface area contributed by atoms with E-state index in [9.17, 15) is 5.11 Å². The van der Waals surface area contributed by atoms with E-state index in [4.69, 9.17) is 9.47 Å². The first-order valence-corrected chi connectivity index (χ1v) is 6.60. The molecule has 0 aliphatic heterocycles. The van der Waals surface area contributed by atoms with Gasteiger partial charge in [-0.15, -0.1) is 0 Å². The van der Waals surface area contributed by atoms with Crippen molar-refractivity contribution in [3.05, 3.63) is 59.2 Å². The van der Waals surface area contributed by atoms with Gasteiger partial charge < -0.3 is 14.6 Å². The van der Waals surface area contributed by atoms with E-state index in [2.05, 4.69) is 0 Å². The number of hydrogen-bond acceptors (Lipinski definition) is 3. The molecule has 106 valence electrons. The molecule has 2 rings (SSSR count). The van der Waals surface area contributed by atoms with E-state index in [1.165, 1.54) is 5.56 Å². The van der Waals surface area contributed by atoms with Crippen LogP contribution in [-0.2, 0) is 6.42 Å². The second kappa shape index (κ2) is 6.44. The lowest BCUT2D eigenvalue weighted by atomic mass is 9.97. The zero-order valence-electron chi connectivity index (χ0n) is 12.1. The Bertz CT molecular complexity index is 578. The van der Waals surface area contributed by atoms with Crippen LogP contribution in [0.4, 0.5) is 0 Å². The van der Waals surface area contributed by atoms with E-state index in [0.29, 0.717) is 17.9 Å². The maximum absolute atomic E-state index is 10.5. The first-order chi connectivity index (χ1) is 9.67. The van der Waals surface area contributed by atoms with Crippen molar-refractivity contribution < 1.29 is 14.6 Å². The summed E-state index contributed by atoms with van der Waals surface area (Å²) in [7, 11) is 3.18. The number of ether oxygens (including phenoxy) is 2. The van der Waals surface area contributed by atoms with E-state index in [0.717, 1.165) is 11.1 Å². The molecule has 1 N–H and O–H groups in total. The minimum atomic E-state index is -0.624. The summed E-state index contributed by atoms with van der Waals surface area (Å²) in [5.41, 5.74) is 3.05. The van der Waals surface area contributed by atoms with Crippen LogP contribution in [0.2, 0.25) is 0 Å². The molecule has 20 heavy (non-hydrogen) atoms. The van der Waals surface area contributed by atoms with Gasteiger partial charge in [0, 0.05) is 12.0 Å². The molecule has 0 radical (unpaired) electrons. The van der Waals surface area contributed by atoms with Gasteiger partial charge in [0.15, 0.2) is 11.5 Å². The molecule has 0 fully saturated rings. The topological polar surface area (TPSA) is 38.7 Å². The zero-order valence-corrected chi connectivity index (χ0v) is 12.1. The van der Waals surface area contributed by atoms with Crippen LogP contribution in [-0.4, -0.2) is 19.3 Å². The summed E-state index contributed by atoms with van der Waals surface area (Å²) in [4.78, 5) is 0. The molecular formula is C17H20O3. The Kier molecular flexibility index (Phi) is 4.64. The molecule has 0 aromatic heterocycles. The molecule has 1 atom stereocenters. The lowest BCUT2D eigenvalue weighted by Gasteiger charge is -2.18. The van der Waals surface area contributed by atoms with E-state index < -0.39 is 6.10 Å². The summed E-state index contributed by atoms with van der Waals surface area (Å²) in [6.45, 7) is 2.05. The second-order valence-corrected chi connectivity index (χ2v) is 4.73. The van der Waals surface area contributed by atoms with Gasteiger partial charge in [-0.3, -0.25) is 0 Å². The van der Waals surface area contributed by atoms with Crippen LogP contribution >= 0.6 is 0 Å². The van der Waals surface area contributed by atoms with Crippen LogP contribution in [0.1, 0.15) is 22.8 Å². The highest BCUT2D eigenvalue weighted by Crippen LogP contribution is 2.35. The SMILES string of the molecule is COc1cccc(C(O)Cc2ccccc2C)c1OC. The maximum Gasteiger partial charge on any atom is 0.166 e. The largest absolute Gasteiger partial charge is 0.493 e. The van der Waals surface area contributed by atoms with Crippen molar-refractivity contribution in [2.45, 2.75) is 19.4 Å². The maximum atomic E-state index is 10.5. The summed E-state index contributed by atoms with van der Waals surface area (Å²) in [5, 5.41) is 10.5. The average Bonchev–Trinajstić information content (AvgIpc) is 2.48. The molecule has 0 saturated carbocycles. The Morgan fingerprint density at radius 3 is 2.40 bits per heavy atom. The highest BCUT2D eigenvalue weighted by molar-refractivity contribution is 5.48. The summed E-state index contributed by atoms with van der Waals surface area (Å²) in [5.74, 6) is 1.23. The Morgan fingerprint density at radius 2 is 1.75 bits per heavy atom. The second-order valence-electron chi connectivity index (χ2n) is 4.73. The molecule has 0 aliphatic rings. The molecule has 0 spiro atoms. The summed E-state index contributed by atoms with van der Waals surface area (Å²) < 4.78 is 10.6. The van der Waals surface area contributed by atoms with Crippen molar-refractivity contribution in [3.63, 3.8) is 0 Å². The molecule has 2 aromatic carbocycles. The summed E-state index contributed by atoms with van der Waals surface area (Å²) in [6.07, 6.45) is -0.0721. The van der Waals surface area contributed by atoms with E-state index in [1.807, 2.05) is 49.4 Å². The van der Waals surface area contributed by atoms with Gasteiger partial charge in [0.25, 0.3) is 0 Å². The van der Waals surface area contributed by atoms with Crippen LogP contribution < -0.4 is 9.47 Å². The molecule has 1 unspecified atom stereocenters. The summed E-state index contributed by atoms with van der Waals surface area (Å²) in [6, 6.07) is 13.6. The number of hydrogen-bond donors (Lipinski definition) is 1. The van der Waals surface area contributed by atoms with Gasteiger partial charge in [0.05, 0.1) is 20.3 Å². The molecule has 2 aromatic rings. The number of aryl methyl sites for hydroxylation is 1. The summed E-state index contributed by atoms with van der Waals surface area (Å²) >= 11 is 0. The van der Waals surface area contributed by atoms with Crippen molar-refractivity contribution in [1.82, 2.24) is 0 Å². The predicted molar refractivity (Wildman–Crippen MR) is 79.4 cm³/mol. The fraction of sp³-hybridized carbons (Fsp3) is 0.294. The standard InChI is InChI=1S/C17H20O3/c1-12-7-4-5-8-13(12)11-15(18)14-9-6-10-16(19-2)17(14)20-3/h4-10,15,18H,11H2,1-3H3. The molecule has 0 amide bonds. The van der Waals surface area contributed by atoms with Crippen molar-refractivity contribution in [1.29, 1.82) is 0 Å². The Balaban J connectivity index is 2.30. The van der Waals surface area contributed by atoms with Crippen LogP contribution in [0.15, 0.2) is 42.5 Å². The van der Waals surface area contributed by atoms with Crippen molar-refractivity contribution >= 4 is 0 Å². The van der Waals surface area contributed by atoms with Crippen molar-refractivity contribution in [3.8, 4) is 11.5 Å². The number of para-hydroxylation sites is 1. The van der Waals surface area contributed by atoms with Crippen molar-refractivity contribution in [2.24, 2.45) is 0 Å². The number of methoxy groups -OCH3 is 2. The molecule has 0 saturated heterocycles. The monoisotopic (exact) mass is 272 g/mol. The quantitative estimate of drug-likeness (QED) is 0.907. The van der Waals surface area contributed by atoms with Gasteiger partial charge in [0.2, 0.25) is 0 Å². The Hall–Kier alpha value is -2.00. The predicted octanol–water partition coefficient (Wildman–Crippen LogP) is 3.29. The molecule has 3 nitrogen and oxygen atoms in total. The van der Waals surface area contributed by atoms with Crippen LogP contribution in [0.3, 0.4) is 0 Å². The highest BCUT2D eigenvalue weighted by Gasteiger charge is 2.17. The van der Waals surface area contributed by atoms with Crippen LogP contribution in [0.25, 0.3) is 0 Å². The molecule has 3 heteroatoms. The third kappa shape index (κ3) is 2.94. The fourth-order valence-corrected chi connectivity index (χ4v) is 2.33. The first-order valence-electron chi connectivity index (χ1n) is 6.60. The number of rotatable bonds is 5. The minimum absolute atomic E-state index is 0.552. The lowest BCUT2D eigenvalue weighted by molar-refractivity contribution is 0.172. The third-order valence-corrected chi connectivity index (χ3v) is 3.47. The Morgan fingerprint density at radius 1 is 1.00 bits per heavy atom.